The summed E-state index contributed by atoms with van der Waals surface area (Å²) < 4.78 is 11.1. The molecule has 0 saturated carbocycles. The highest BCUT2D eigenvalue weighted by molar-refractivity contribution is 7.07. The molecular weight excluding hydrogens is 298 g/mol. The molecule has 1 atom stereocenters. The summed E-state index contributed by atoms with van der Waals surface area (Å²) in [6.45, 7) is 8.32. The van der Waals surface area contributed by atoms with Gasteiger partial charge < -0.3 is 14.3 Å². The summed E-state index contributed by atoms with van der Waals surface area (Å²) in [5, 5.41) is 14.4. The van der Waals surface area contributed by atoms with Gasteiger partial charge in [0, 0.05) is 13.1 Å². The largest absolute Gasteiger partial charge is 0.468 e. The number of nitrogens with zero attached hydrogens (tertiary/aromatic N) is 1. The third kappa shape index (κ3) is 6.32. The van der Waals surface area contributed by atoms with E-state index in [4.69, 9.17) is 9.15 Å². The molecule has 0 saturated heterocycles. The number of hydrogen-bond acceptors (Lipinski definition) is 5. The first-order chi connectivity index (χ1) is 10.4. The lowest BCUT2D eigenvalue weighted by Gasteiger charge is -2.26. The summed E-state index contributed by atoms with van der Waals surface area (Å²) >= 11 is 1.68. The van der Waals surface area contributed by atoms with Crippen molar-refractivity contribution in [2.24, 2.45) is 0 Å². The van der Waals surface area contributed by atoms with E-state index in [1.165, 1.54) is 5.56 Å². The van der Waals surface area contributed by atoms with Gasteiger partial charge in [-0.25, -0.2) is 0 Å². The molecule has 0 aliphatic heterocycles. The molecule has 2 heterocycles. The number of aliphatic hydroxyl groups excluding tert-OH is 1. The summed E-state index contributed by atoms with van der Waals surface area (Å²) in [5.74, 6) is 0.902. The second-order valence-electron chi connectivity index (χ2n) is 6.46. The average molecular weight is 323 g/mol. The minimum Gasteiger partial charge on any atom is -0.468 e. The Balaban J connectivity index is 1.91. The summed E-state index contributed by atoms with van der Waals surface area (Å²) in [5.41, 5.74) is 1.01. The number of aliphatic hydroxyl groups is 1. The van der Waals surface area contributed by atoms with Gasteiger partial charge in [0.1, 0.15) is 5.76 Å². The minimum absolute atomic E-state index is 0.236. The second kappa shape index (κ2) is 7.92. The van der Waals surface area contributed by atoms with Crippen molar-refractivity contribution in [3.63, 3.8) is 0 Å². The lowest BCUT2D eigenvalue weighted by Crippen LogP contribution is -2.36. The Morgan fingerprint density at radius 1 is 1.32 bits per heavy atom. The molecule has 0 bridgehead atoms. The van der Waals surface area contributed by atoms with Gasteiger partial charge in [0.25, 0.3) is 0 Å². The van der Waals surface area contributed by atoms with E-state index in [-0.39, 0.29) is 5.60 Å². The van der Waals surface area contributed by atoms with Crippen molar-refractivity contribution in [3.8, 4) is 0 Å². The molecule has 2 aromatic rings. The maximum absolute atomic E-state index is 10.2. The summed E-state index contributed by atoms with van der Waals surface area (Å²) in [6.07, 6.45) is 1.16. The molecule has 0 aliphatic rings. The zero-order valence-electron chi connectivity index (χ0n) is 13.5. The Bertz CT molecular complexity index is 480. The van der Waals surface area contributed by atoms with Crippen molar-refractivity contribution in [1.29, 1.82) is 0 Å². The SMILES string of the molecule is CC(C)(C)OCC(O)CN(Cc1ccsc1)Cc1ccco1. The highest BCUT2D eigenvalue weighted by Gasteiger charge is 2.17. The lowest BCUT2D eigenvalue weighted by atomic mass is 10.2. The molecule has 1 unspecified atom stereocenters. The van der Waals surface area contributed by atoms with Gasteiger partial charge in [-0.3, -0.25) is 4.90 Å². The molecule has 2 rings (SSSR count). The Kier molecular flexibility index (Phi) is 6.20. The third-order valence-electron chi connectivity index (χ3n) is 3.12. The molecule has 2 aromatic heterocycles. The quantitative estimate of drug-likeness (QED) is 0.807. The Morgan fingerprint density at radius 3 is 2.73 bits per heavy atom. The smallest absolute Gasteiger partial charge is 0.117 e. The van der Waals surface area contributed by atoms with Crippen LogP contribution in [0.1, 0.15) is 32.1 Å². The van der Waals surface area contributed by atoms with E-state index in [0.717, 1.165) is 12.3 Å². The number of hydrogen-bond donors (Lipinski definition) is 1. The Morgan fingerprint density at radius 2 is 2.14 bits per heavy atom. The van der Waals surface area contributed by atoms with Crippen molar-refractivity contribution in [2.45, 2.75) is 45.6 Å². The third-order valence-corrected chi connectivity index (χ3v) is 3.86. The van der Waals surface area contributed by atoms with Crippen LogP contribution < -0.4 is 0 Å². The molecule has 5 heteroatoms. The van der Waals surface area contributed by atoms with E-state index >= 15 is 0 Å². The molecule has 4 nitrogen and oxygen atoms in total. The first kappa shape index (κ1) is 17.2. The molecule has 0 radical (unpaired) electrons. The average Bonchev–Trinajstić information content (AvgIpc) is 3.09. The number of rotatable bonds is 8. The first-order valence-electron chi connectivity index (χ1n) is 7.50. The van der Waals surface area contributed by atoms with Crippen molar-refractivity contribution < 1.29 is 14.3 Å². The van der Waals surface area contributed by atoms with E-state index in [2.05, 4.69) is 21.7 Å². The van der Waals surface area contributed by atoms with Gasteiger partial charge in [-0.2, -0.15) is 11.3 Å². The van der Waals surface area contributed by atoms with E-state index < -0.39 is 6.10 Å². The van der Waals surface area contributed by atoms with Gasteiger partial charge in [-0.15, -0.1) is 0 Å². The van der Waals surface area contributed by atoms with Crippen LogP contribution in [0.3, 0.4) is 0 Å². The van der Waals surface area contributed by atoms with Crippen LogP contribution in [0.4, 0.5) is 0 Å². The Hall–Kier alpha value is -1.14. The predicted octanol–water partition coefficient (Wildman–Crippen LogP) is 3.52. The van der Waals surface area contributed by atoms with Crippen LogP contribution in [-0.2, 0) is 17.8 Å². The fraction of sp³-hybridized carbons (Fsp3) is 0.529. The van der Waals surface area contributed by atoms with E-state index in [0.29, 0.717) is 19.7 Å². The van der Waals surface area contributed by atoms with Crippen molar-refractivity contribution >= 4 is 11.3 Å². The topological polar surface area (TPSA) is 45.8 Å². The predicted molar refractivity (Wildman–Crippen MR) is 88.9 cm³/mol. The Labute approximate surface area is 136 Å². The molecule has 0 spiro atoms. The van der Waals surface area contributed by atoms with Gasteiger partial charge in [0.2, 0.25) is 0 Å². The van der Waals surface area contributed by atoms with Gasteiger partial charge in [0.05, 0.1) is 31.1 Å². The van der Waals surface area contributed by atoms with Crippen LogP contribution in [0.2, 0.25) is 0 Å². The van der Waals surface area contributed by atoms with Crippen LogP contribution in [0.5, 0.6) is 0 Å². The molecule has 0 aromatic carbocycles. The first-order valence-corrected chi connectivity index (χ1v) is 8.44. The maximum Gasteiger partial charge on any atom is 0.117 e. The summed E-state index contributed by atoms with van der Waals surface area (Å²) in [6, 6.07) is 5.95. The van der Waals surface area contributed by atoms with E-state index in [9.17, 15) is 5.11 Å². The summed E-state index contributed by atoms with van der Waals surface area (Å²) in [4.78, 5) is 2.18. The second-order valence-corrected chi connectivity index (χ2v) is 7.24. The van der Waals surface area contributed by atoms with E-state index in [1.54, 1.807) is 17.6 Å². The molecular formula is C17H25NO3S. The standard InChI is InChI=1S/C17H25NO3S/c1-17(2,3)21-12-15(19)10-18(9-14-6-8-22-13-14)11-16-5-4-7-20-16/h4-8,13,15,19H,9-12H2,1-3H3. The van der Waals surface area contributed by atoms with Gasteiger partial charge in [-0.1, -0.05) is 0 Å². The van der Waals surface area contributed by atoms with E-state index in [1.807, 2.05) is 32.9 Å². The molecule has 0 amide bonds. The monoisotopic (exact) mass is 323 g/mol. The van der Waals surface area contributed by atoms with Crippen LogP contribution in [0, 0.1) is 0 Å². The van der Waals surface area contributed by atoms with Crippen LogP contribution in [-0.4, -0.2) is 34.9 Å². The van der Waals surface area contributed by atoms with Gasteiger partial charge >= 0.3 is 0 Å². The molecule has 22 heavy (non-hydrogen) atoms. The normalized spacial score (nSPS) is 13.7. The van der Waals surface area contributed by atoms with Gasteiger partial charge in [-0.05, 0) is 55.3 Å². The fourth-order valence-electron chi connectivity index (χ4n) is 2.15. The lowest BCUT2D eigenvalue weighted by molar-refractivity contribution is -0.0576. The number of ether oxygens (including phenoxy) is 1. The van der Waals surface area contributed by atoms with Crippen LogP contribution in [0.25, 0.3) is 0 Å². The molecule has 122 valence electrons. The zero-order valence-corrected chi connectivity index (χ0v) is 14.3. The molecule has 0 fully saturated rings. The number of thiophene rings is 1. The molecule has 1 N–H and O–H groups in total. The van der Waals surface area contributed by atoms with Crippen molar-refractivity contribution in [3.05, 3.63) is 46.5 Å². The molecule has 0 aliphatic carbocycles. The maximum atomic E-state index is 10.2. The van der Waals surface area contributed by atoms with Gasteiger partial charge in [0.15, 0.2) is 0 Å². The zero-order chi connectivity index (χ0) is 16.0. The summed E-state index contributed by atoms with van der Waals surface area (Å²) in [7, 11) is 0. The van der Waals surface area contributed by atoms with Crippen molar-refractivity contribution in [1.82, 2.24) is 4.90 Å². The number of furan rings is 1. The van der Waals surface area contributed by atoms with Crippen molar-refractivity contribution in [2.75, 3.05) is 13.2 Å². The van der Waals surface area contributed by atoms with Crippen LogP contribution in [0.15, 0.2) is 39.6 Å². The fourth-order valence-corrected chi connectivity index (χ4v) is 2.81. The minimum atomic E-state index is -0.521. The highest BCUT2D eigenvalue weighted by atomic mass is 32.1. The highest BCUT2D eigenvalue weighted by Crippen LogP contribution is 2.14. The van der Waals surface area contributed by atoms with Crippen LogP contribution >= 0.6 is 11.3 Å².